The first kappa shape index (κ1) is 10.4. The molecule has 0 aliphatic heterocycles. The van der Waals surface area contributed by atoms with Gasteiger partial charge in [-0.25, -0.2) is 0 Å². The van der Waals surface area contributed by atoms with E-state index < -0.39 is 0 Å². The highest BCUT2D eigenvalue weighted by Crippen LogP contribution is 2.29. The topological polar surface area (TPSA) is 36.7 Å². The highest BCUT2D eigenvalue weighted by atomic mass is 32.1. The van der Waals surface area contributed by atoms with E-state index in [0.29, 0.717) is 17.7 Å². The highest BCUT2D eigenvalue weighted by Gasteiger charge is 2.13. The molecule has 2 rings (SSSR count). The molecule has 1 aromatic carbocycles. The summed E-state index contributed by atoms with van der Waals surface area (Å²) in [6.07, 6.45) is 5.65. The van der Waals surface area contributed by atoms with Crippen molar-refractivity contribution < 1.29 is 0 Å². The van der Waals surface area contributed by atoms with Crippen LogP contribution < -0.4 is 0 Å². The van der Waals surface area contributed by atoms with Crippen LogP contribution in [0.2, 0.25) is 0 Å². The molecular weight excluding hydrogens is 216 g/mol. The average Bonchev–Trinajstić information content (AvgIpc) is 2.73. The predicted octanol–water partition coefficient (Wildman–Crippen LogP) is 2.86. The van der Waals surface area contributed by atoms with Crippen LogP contribution in [0.15, 0.2) is 30.3 Å². The first-order chi connectivity index (χ1) is 7.86. The molecule has 3 heteroatoms. The highest BCUT2D eigenvalue weighted by molar-refractivity contribution is 7.10. The van der Waals surface area contributed by atoms with Crippen LogP contribution in [-0.4, -0.2) is 4.37 Å². The van der Waals surface area contributed by atoms with Gasteiger partial charge in [-0.2, -0.15) is 9.64 Å². The number of rotatable bonds is 2. The molecule has 16 heavy (non-hydrogen) atoms. The van der Waals surface area contributed by atoms with Crippen molar-refractivity contribution in [3.05, 3.63) is 41.6 Å². The molecule has 1 heterocycles. The molecule has 76 valence electrons. The molecule has 0 unspecified atom stereocenters. The van der Waals surface area contributed by atoms with Gasteiger partial charge in [0.1, 0.15) is 6.07 Å². The second-order valence-electron chi connectivity index (χ2n) is 3.19. The van der Waals surface area contributed by atoms with E-state index in [4.69, 9.17) is 11.7 Å². The van der Waals surface area contributed by atoms with E-state index in [-0.39, 0.29) is 0 Å². The number of terminal acetylenes is 1. The van der Waals surface area contributed by atoms with Gasteiger partial charge in [-0.15, -0.1) is 12.3 Å². The summed E-state index contributed by atoms with van der Waals surface area (Å²) in [6.45, 7) is 0. The monoisotopic (exact) mass is 224 g/mol. The normalized spacial score (nSPS) is 9.38. The molecule has 0 bridgehead atoms. The molecule has 0 aliphatic carbocycles. The summed E-state index contributed by atoms with van der Waals surface area (Å²) in [5.74, 6) is 2.52. The fraction of sp³-hybridized carbons (Fsp3) is 0.0769. The molecule has 1 aromatic heterocycles. The lowest BCUT2D eigenvalue weighted by molar-refractivity contribution is 1.21. The molecule has 0 atom stereocenters. The minimum atomic E-state index is 0.409. The molecule has 0 aliphatic rings. The maximum atomic E-state index is 9.12. The van der Waals surface area contributed by atoms with E-state index in [1.165, 1.54) is 11.5 Å². The Balaban J connectivity index is 2.52. The zero-order valence-corrected chi connectivity index (χ0v) is 9.29. The minimum absolute atomic E-state index is 0.409. The second-order valence-corrected chi connectivity index (χ2v) is 3.97. The van der Waals surface area contributed by atoms with E-state index >= 15 is 0 Å². The SMILES string of the molecule is C#CCc1nsc(-c2ccccc2)c1C#N. The summed E-state index contributed by atoms with van der Waals surface area (Å²) in [5.41, 5.74) is 2.32. The van der Waals surface area contributed by atoms with E-state index in [1.807, 2.05) is 30.3 Å². The summed E-state index contributed by atoms with van der Waals surface area (Å²) in [6, 6.07) is 11.9. The van der Waals surface area contributed by atoms with E-state index in [1.54, 1.807) is 0 Å². The standard InChI is InChI=1S/C13H8N2S/c1-2-6-12-11(9-14)13(16-15-12)10-7-4-3-5-8-10/h1,3-5,7-8H,6H2. The fourth-order valence-electron chi connectivity index (χ4n) is 1.44. The van der Waals surface area contributed by atoms with Crippen molar-refractivity contribution in [2.24, 2.45) is 0 Å². The van der Waals surface area contributed by atoms with Crippen LogP contribution in [0.5, 0.6) is 0 Å². The molecule has 0 saturated heterocycles. The maximum absolute atomic E-state index is 9.12. The summed E-state index contributed by atoms with van der Waals surface area (Å²) in [5, 5.41) is 9.12. The van der Waals surface area contributed by atoms with E-state index in [0.717, 1.165) is 10.4 Å². The van der Waals surface area contributed by atoms with Gasteiger partial charge in [0, 0.05) is 0 Å². The largest absolute Gasteiger partial charge is 0.195 e. The second kappa shape index (κ2) is 4.61. The molecule has 0 saturated carbocycles. The quantitative estimate of drug-likeness (QED) is 0.735. The molecule has 0 radical (unpaired) electrons. The van der Waals surface area contributed by atoms with Crippen LogP contribution >= 0.6 is 11.5 Å². The zero-order valence-electron chi connectivity index (χ0n) is 8.47. The molecule has 0 fully saturated rings. The predicted molar refractivity (Wildman–Crippen MR) is 64.8 cm³/mol. The minimum Gasteiger partial charge on any atom is -0.195 e. The van der Waals surface area contributed by atoms with Crippen molar-refractivity contribution in [3.63, 3.8) is 0 Å². The molecule has 2 nitrogen and oxygen atoms in total. The Morgan fingerprint density at radius 3 is 2.69 bits per heavy atom. The van der Waals surface area contributed by atoms with Crippen molar-refractivity contribution in [1.29, 1.82) is 5.26 Å². The third-order valence-corrected chi connectivity index (χ3v) is 3.11. The van der Waals surface area contributed by atoms with Crippen LogP contribution in [0.4, 0.5) is 0 Å². The van der Waals surface area contributed by atoms with Crippen molar-refractivity contribution in [2.45, 2.75) is 6.42 Å². The Hall–Kier alpha value is -2.10. The lowest BCUT2D eigenvalue weighted by atomic mass is 10.1. The fourth-order valence-corrected chi connectivity index (χ4v) is 2.30. The Morgan fingerprint density at radius 2 is 2.06 bits per heavy atom. The number of nitrogens with zero attached hydrogens (tertiary/aromatic N) is 2. The van der Waals surface area contributed by atoms with Gasteiger partial charge < -0.3 is 0 Å². The van der Waals surface area contributed by atoms with Gasteiger partial charge in [-0.05, 0) is 17.1 Å². The summed E-state index contributed by atoms with van der Waals surface area (Å²) in [4.78, 5) is 0.897. The van der Waals surface area contributed by atoms with Gasteiger partial charge in [-0.1, -0.05) is 30.3 Å². The summed E-state index contributed by atoms with van der Waals surface area (Å²) >= 11 is 1.33. The van der Waals surface area contributed by atoms with Gasteiger partial charge in [0.25, 0.3) is 0 Å². The van der Waals surface area contributed by atoms with Gasteiger partial charge in [0.05, 0.1) is 22.6 Å². The Kier molecular flexibility index (Phi) is 3.00. The van der Waals surface area contributed by atoms with Crippen LogP contribution in [0.3, 0.4) is 0 Å². The van der Waals surface area contributed by atoms with Gasteiger partial charge in [-0.3, -0.25) is 0 Å². The van der Waals surface area contributed by atoms with Gasteiger partial charge in [0.2, 0.25) is 0 Å². The van der Waals surface area contributed by atoms with Gasteiger partial charge >= 0.3 is 0 Å². The first-order valence-corrected chi connectivity index (χ1v) is 5.51. The first-order valence-electron chi connectivity index (χ1n) is 4.74. The van der Waals surface area contributed by atoms with Crippen molar-refractivity contribution in [1.82, 2.24) is 4.37 Å². The van der Waals surface area contributed by atoms with Crippen LogP contribution in [-0.2, 0) is 6.42 Å². The third-order valence-electron chi connectivity index (χ3n) is 2.18. The zero-order chi connectivity index (χ0) is 11.4. The molecular formula is C13H8N2S. The Labute approximate surface area is 98.3 Å². The molecule has 0 N–H and O–H groups in total. The molecule has 0 amide bonds. The smallest absolute Gasteiger partial charge is 0.103 e. The molecule has 0 spiro atoms. The van der Waals surface area contributed by atoms with E-state index in [9.17, 15) is 0 Å². The lowest BCUT2D eigenvalue weighted by Crippen LogP contribution is -1.86. The number of nitriles is 1. The Morgan fingerprint density at radius 1 is 1.31 bits per heavy atom. The van der Waals surface area contributed by atoms with Crippen LogP contribution in [0.25, 0.3) is 10.4 Å². The van der Waals surface area contributed by atoms with Crippen molar-refractivity contribution in [3.8, 4) is 28.9 Å². The number of hydrogen-bond donors (Lipinski definition) is 0. The van der Waals surface area contributed by atoms with Crippen LogP contribution in [0, 0.1) is 23.7 Å². The van der Waals surface area contributed by atoms with Crippen molar-refractivity contribution in [2.75, 3.05) is 0 Å². The average molecular weight is 224 g/mol. The van der Waals surface area contributed by atoms with Crippen LogP contribution in [0.1, 0.15) is 11.3 Å². The summed E-state index contributed by atoms with van der Waals surface area (Å²) in [7, 11) is 0. The lowest BCUT2D eigenvalue weighted by Gasteiger charge is -1.96. The maximum Gasteiger partial charge on any atom is 0.103 e. The van der Waals surface area contributed by atoms with E-state index in [2.05, 4.69) is 16.4 Å². The number of hydrogen-bond acceptors (Lipinski definition) is 3. The third kappa shape index (κ3) is 1.82. The number of aromatic nitrogens is 1. The number of benzene rings is 1. The van der Waals surface area contributed by atoms with Gasteiger partial charge in [0.15, 0.2) is 0 Å². The van der Waals surface area contributed by atoms with Crippen molar-refractivity contribution >= 4 is 11.5 Å². The summed E-state index contributed by atoms with van der Waals surface area (Å²) < 4.78 is 4.23. The Bertz CT molecular complexity index is 570. The molecule has 2 aromatic rings.